The summed E-state index contributed by atoms with van der Waals surface area (Å²) < 4.78 is 0. The van der Waals surface area contributed by atoms with Gasteiger partial charge in [-0.15, -0.1) is 0 Å². The van der Waals surface area contributed by atoms with Crippen LogP contribution in [0, 0.1) is 13.8 Å². The molecule has 1 N–H and O–H groups in total. The number of carbonyl (C=O) groups is 2. The van der Waals surface area contributed by atoms with Gasteiger partial charge in [-0.2, -0.15) is 0 Å². The number of hydrogen-bond donors (Lipinski definition) is 1. The SMILES string of the molecule is Cc1ccc(C2=C(N(C)CCO)C(=O)N(c3cccc(N(C)C)c3)C2=O)cc1C. The fourth-order valence-corrected chi connectivity index (χ4v) is 3.44. The standard InChI is InChI=1S/C23H27N3O3/c1-15-9-10-17(13-16(15)2)20-21(25(5)11-12-27)23(29)26(22(20)28)19-8-6-7-18(14-19)24(3)4/h6-10,13-14,27H,11-12H2,1-5H3. The number of anilines is 2. The Kier molecular flexibility index (Phi) is 5.75. The molecule has 2 aromatic carbocycles. The van der Waals surface area contributed by atoms with Gasteiger partial charge in [0.1, 0.15) is 5.70 Å². The first-order valence-electron chi connectivity index (χ1n) is 9.56. The van der Waals surface area contributed by atoms with Crippen LogP contribution in [0.5, 0.6) is 0 Å². The fourth-order valence-electron chi connectivity index (χ4n) is 3.44. The van der Waals surface area contributed by atoms with Crippen LogP contribution in [0.2, 0.25) is 0 Å². The minimum absolute atomic E-state index is 0.113. The van der Waals surface area contributed by atoms with Crippen molar-refractivity contribution in [2.45, 2.75) is 13.8 Å². The number of imide groups is 1. The minimum atomic E-state index is -0.380. The molecule has 6 nitrogen and oxygen atoms in total. The number of aliphatic hydroxyl groups excluding tert-OH is 1. The molecule has 0 aliphatic carbocycles. The van der Waals surface area contributed by atoms with Gasteiger partial charge in [-0.05, 0) is 48.7 Å². The first kappa shape index (κ1) is 20.6. The van der Waals surface area contributed by atoms with Gasteiger partial charge in [-0.3, -0.25) is 9.59 Å². The third-order valence-electron chi connectivity index (χ3n) is 5.28. The van der Waals surface area contributed by atoms with Crippen molar-refractivity contribution in [2.24, 2.45) is 0 Å². The van der Waals surface area contributed by atoms with Gasteiger partial charge in [-0.25, -0.2) is 4.90 Å². The quantitative estimate of drug-likeness (QED) is 0.765. The van der Waals surface area contributed by atoms with E-state index in [0.29, 0.717) is 22.5 Å². The van der Waals surface area contributed by atoms with Crippen molar-refractivity contribution >= 4 is 28.8 Å². The number of carbonyl (C=O) groups excluding carboxylic acids is 2. The van der Waals surface area contributed by atoms with E-state index >= 15 is 0 Å². The molecule has 0 aromatic heterocycles. The van der Waals surface area contributed by atoms with Crippen molar-refractivity contribution < 1.29 is 14.7 Å². The molecule has 1 aliphatic rings. The van der Waals surface area contributed by atoms with E-state index in [4.69, 9.17) is 0 Å². The molecule has 2 amide bonds. The van der Waals surface area contributed by atoms with Crippen molar-refractivity contribution in [1.82, 2.24) is 4.90 Å². The number of hydrogen-bond acceptors (Lipinski definition) is 5. The molecule has 29 heavy (non-hydrogen) atoms. The number of nitrogens with zero attached hydrogens (tertiary/aromatic N) is 3. The van der Waals surface area contributed by atoms with Gasteiger partial charge in [0, 0.05) is 33.4 Å². The largest absolute Gasteiger partial charge is 0.395 e. The summed E-state index contributed by atoms with van der Waals surface area (Å²) in [7, 11) is 5.54. The third-order valence-corrected chi connectivity index (χ3v) is 5.28. The molecule has 152 valence electrons. The summed E-state index contributed by atoms with van der Waals surface area (Å²) in [6.45, 7) is 4.13. The van der Waals surface area contributed by atoms with E-state index in [1.54, 1.807) is 18.0 Å². The Labute approximate surface area is 171 Å². The Bertz CT molecular complexity index is 995. The Hall–Kier alpha value is -3.12. The molecule has 0 fully saturated rings. The molecular weight excluding hydrogens is 366 g/mol. The lowest BCUT2D eigenvalue weighted by atomic mass is 9.99. The average molecular weight is 393 g/mol. The van der Waals surface area contributed by atoms with Gasteiger partial charge in [0.2, 0.25) is 0 Å². The highest BCUT2D eigenvalue weighted by Crippen LogP contribution is 2.35. The summed E-state index contributed by atoms with van der Waals surface area (Å²) in [5, 5.41) is 9.39. The second kappa shape index (κ2) is 8.09. The Balaban J connectivity index is 2.14. The van der Waals surface area contributed by atoms with Crippen LogP contribution in [0.3, 0.4) is 0 Å². The Morgan fingerprint density at radius 2 is 1.66 bits per heavy atom. The summed E-state index contributed by atoms with van der Waals surface area (Å²) in [6, 6.07) is 13.1. The van der Waals surface area contributed by atoms with Crippen LogP contribution in [0.15, 0.2) is 48.2 Å². The third kappa shape index (κ3) is 3.76. The van der Waals surface area contributed by atoms with Crippen LogP contribution < -0.4 is 9.80 Å². The van der Waals surface area contributed by atoms with Crippen LogP contribution in [0.25, 0.3) is 5.57 Å². The first-order valence-corrected chi connectivity index (χ1v) is 9.56. The summed E-state index contributed by atoms with van der Waals surface area (Å²) in [6.07, 6.45) is 0. The van der Waals surface area contributed by atoms with E-state index in [2.05, 4.69) is 0 Å². The average Bonchev–Trinajstić information content (AvgIpc) is 2.94. The van der Waals surface area contributed by atoms with Crippen LogP contribution >= 0.6 is 0 Å². The maximum Gasteiger partial charge on any atom is 0.282 e. The number of benzene rings is 2. The smallest absolute Gasteiger partial charge is 0.282 e. The maximum absolute atomic E-state index is 13.5. The zero-order chi connectivity index (χ0) is 21.3. The molecule has 0 radical (unpaired) electrons. The number of amides is 2. The molecule has 0 atom stereocenters. The van der Waals surface area contributed by atoms with Gasteiger partial charge in [0.05, 0.1) is 17.9 Å². The van der Waals surface area contributed by atoms with Crippen molar-refractivity contribution in [2.75, 3.05) is 44.1 Å². The van der Waals surface area contributed by atoms with E-state index in [-0.39, 0.29) is 25.0 Å². The molecular formula is C23H27N3O3. The van der Waals surface area contributed by atoms with E-state index in [1.807, 2.05) is 69.2 Å². The predicted octanol–water partition coefficient (Wildman–Crippen LogP) is 2.58. The van der Waals surface area contributed by atoms with Crippen LogP contribution in [-0.2, 0) is 9.59 Å². The topological polar surface area (TPSA) is 64.1 Å². The van der Waals surface area contributed by atoms with Crippen molar-refractivity contribution in [3.05, 3.63) is 64.9 Å². The van der Waals surface area contributed by atoms with Crippen molar-refractivity contribution in [3.8, 4) is 0 Å². The normalized spacial score (nSPS) is 14.1. The molecule has 1 heterocycles. The molecule has 2 aromatic rings. The number of aryl methyl sites for hydroxylation is 2. The summed E-state index contributed by atoms with van der Waals surface area (Å²) in [5.41, 5.74) is 4.97. The Morgan fingerprint density at radius 1 is 0.931 bits per heavy atom. The lowest BCUT2D eigenvalue weighted by molar-refractivity contribution is -0.120. The summed E-state index contributed by atoms with van der Waals surface area (Å²) in [4.78, 5) is 31.6. The second-order valence-electron chi connectivity index (χ2n) is 7.53. The molecule has 6 heteroatoms. The Morgan fingerprint density at radius 3 is 2.28 bits per heavy atom. The number of rotatable bonds is 6. The lowest BCUT2D eigenvalue weighted by Gasteiger charge is -2.21. The fraction of sp³-hybridized carbons (Fsp3) is 0.304. The van der Waals surface area contributed by atoms with Gasteiger partial charge in [0.25, 0.3) is 11.8 Å². The van der Waals surface area contributed by atoms with E-state index in [0.717, 1.165) is 16.8 Å². The minimum Gasteiger partial charge on any atom is -0.395 e. The van der Waals surface area contributed by atoms with E-state index in [1.165, 1.54) is 4.90 Å². The highest BCUT2D eigenvalue weighted by molar-refractivity contribution is 6.45. The molecule has 1 aliphatic heterocycles. The first-order chi connectivity index (χ1) is 13.8. The van der Waals surface area contributed by atoms with Gasteiger partial charge < -0.3 is 14.9 Å². The van der Waals surface area contributed by atoms with Crippen LogP contribution in [0.1, 0.15) is 16.7 Å². The van der Waals surface area contributed by atoms with Crippen molar-refractivity contribution in [3.63, 3.8) is 0 Å². The summed E-state index contributed by atoms with van der Waals surface area (Å²) in [5.74, 6) is -0.732. The van der Waals surface area contributed by atoms with Gasteiger partial charge >= 0.3 is 0 Å². The molecule has 0 saturated carbocycles. The van der Waals surface area contributed by atoms with Crippen LogP contribution in [-0.4, -0.2) is 56.1 Å². The number of likely N-dealkylation sites (N-methyl/N-ethyl adjacent to an activating group) is 1. The van der Waals surface area contributed by atoms with Gasteiger partial charge in [-0.1, -0.05) is 24.3 Å². The second-order valence-corrected chi connectivity index (χ2v) is 7.53. The zero-order valence-electron chi connectivity index (χ0n) is 17.6. The van der Waals surface area contributed by atoms with E-state index in [9.17, 15) is 14.7 Å². The predicted molar refractivity (Wildman–Crippen MR) is 116 cm³/mol. The van der Waals surface area contributed by atoms with Crippen LogP contribution in [0.4, 0.5) is 11.4 Å². The molecule has 0 unspecified atom stereocenters. The number of aliphatic hydroxyl groups is 1. The monoisotopic (exact) mass is 393 g/mol. The highest BCUT2D eigenvalue weighted by atomic mass is 16.3. The molecule has 0 saturated heterocycles. The lowest BCUT2D eigenvalue weighted by Crippen LogP contribution is -2.35. The van der Waals surface area contributed by atoms with E-state index < -0.39 is 0 Å². The van der Waals surface area contributed by atoms with Crippen molar-refractivity contribution in [1.29, 1.82) is 0 Å². The highest BCUT2D eigenvalue weighted by Gasteiger charge is 2.41. The maximum atomic E-state index is 13.5. The van der Waals surface area contributed by atoms with Gasteiger partial charge in [0.15, 0.2) is 0 Å². The zero-order valence-corrected chi connectivity index (χ0v) is 17.6. The summed E-state index contributed by atoms with van der Waals surface area (Å²) >= 11 is 0. The molecule has 0 spiro atoms. The molecule has 0 bridgehead atoms. The molecule has 3 rings (SSSR count).